The van der Waals surface area contributed by atoms with Gasteiger partial charge < -0.3 is 41.2 Å². The summed E-state index contributed by atoms with van der Waals surface area (Å²) in [5.41, 5.74) is 9.11. The van der Waals surface area contributed by atoms with Crippen LogP contribution in [0.15, 0.2) is 72.2 Å². The van der Waals surface area contributed by atoms with Gasteiger partial charge in [-0.3, -0.25) is 0 Å². The number of allylic oxidation sites excluding steroid dienone is 4. The fraction of sp³-hybridized carbons (Fsp3) is 0.514. The number of phenols is 1. The number of benzene rings is 1. The van der Waals surface area contributed by atoms with E-state index in [0.717, 1.165) is 48.9 Å². The lowest BCUT2D eigenvalue weighted by molar-refractivity contribution is -0.00706. The minimum Gasteiger partial charge on any atom is -0.504 e. The lowest BCUT2D eigenvalue weighted by atomic mass is 9.79. The van der Waals surface area contributed by atoms with E-state index in [1.54, 1.807) is 12.1 Å². The highest BCUT2D eigenvalue weighted by molar-refractivity contribution is 5.44. The van der Waals surface area contributed by atoms with Crippen molar-refractivity contribution >= 4 is 0 Å². The Bertz CT molecular complexity index is 1400. The number of aromatic hydroxyl groups is 1. The van der Waals surface area contributed by atoms with Gasteiger partial charge in [0.1, 0.15) is 6.10 Å². The van der Waals surface area contributed by atoms with Crippen LogP contribution in [0.25, 0.3) is 0 Å². The van der Waals surface area contributed by atoms with Crippen LogP contribution in [-0.4, -0.2) is 56.9 Å². The summed E-state index contributed by atoms with van der Waals surface area (Å²) in [4.78, 5) is 3.27. The molecule has 8 nitrogen and oxygen atoms in total. The summed E-state index contributed by atoms with van der Waals surface area (Å²) in [7, 11) is 0. The number of H-pyrrole nitrogens is 1. The van der Waals surface area contributed by atoms with E-state index in [4.69, 9.17) is 10.5 Å². The quantitative estimate of drug-likeness (QED) is 0.152. The van der Waals surface area contributed by atoms with Crippen molar-refractivity contribution in [2.75, 3.05) is 13.2 Å². The summed E-state index contributed by atoms with van der Waals surface area (Å²) in [6, 6.07) is 9.26. The van der Waals surface area contributed by atoms with E-state index in [1.807, 2.05) is 30.5 Å². The van der Waals surface area contributed by atoms with Crippen LogP contribution in [0, 0.1) is 35.5 Å². The third kappa shape index (κ3) is 8.55. The van der Waals surface area contributed by atoms with Crippen LogP contribution in [0.5, 0.6) is 11.5 Å². The van der Waals surface area contributed by atoms with Crippen LogP contribution < -0.4 is 15.8 Å². The van der Waals surface area contributed by atoms with Crippen molar-refractivity contribution in [3.05, 3.63) is 83.5 Å². The van der Waals surface area contributed by atoms with E-state index in [-0.39, 0.29) is 41.8 Å². The highest BCUT2D eigenvalue weighted by Crippen LogP contribution is 2.39. The van der Waals surface area contributed by atoms with Gasteiger partial charge >= 0.3 is 0 Å². The third-order valence-corrected chi connectivity index (χ3v) is 9.62. The molecule has 8 atom stereocenters. The summed E-state index contributed by atoms with van der Waals surface area (Å²) in [5.74, 6) is 7.35. The van der Waals surface area contributed by atoms with Crippen molar-refractivity contribution < 1.29 is 25.2 Å². The third-order valence-electron chi connectivity index (χ3n) is 9.62. The number of fused-ring (bicyclic) bond motifs is 1. The molecule has 0 saturated carbocycles. The normalized spacial score (nSPS) is 28.2. The van der Waals surface area contributed by atoms with Gasteiger partial charge in [-0.25, -0.2) is 0 Å². The molecule has 3 aliphatic rings. The Morgan fingerprint density at radius 2 is 1.93 bits per heavy atom. The smallest absolute Gasteiger partial charge is 0.161 e. The zero-order valence-corrected chi connectivity index (χ0v) is 26.2. The molecule has 0 radical (unpaired) electrons. The number of hydrogen-bond acceptors (Lipinski definition) is 7. The van der Waals surface area contributed by atoms with E-state index in [1.165, 1.54) is 0 Å². The zero-order valence-electron chi connectivity index (χ0n) is 26.2. The molecular weight excluding hydrogens is 566 g/mol. The topological polar surface area (TPSA) is 144 Å². The van der Waals surface area contributed by atoms with Gasteiger partial charge in [-0.1, -0.05) is 55.9 Å². The Kier molecular flexibility index (Phi) is 11.3. The summed E-state index contributed by atoms with van der Waals surface area (Å²) in [6.45, 7) is 2.57. The number of aliphatic hydroxyl groups is 3. The first-order chi connectivity index (χ1) is 21.8. The van der Waals surface area contributed by atoms with Gasteiger partial charge in [0.15, 0.2) is 11.5 Å². The minimum absolute atomic E-state index is 0.0115. The first kappa shape index (κ1) is 32.7. The van der Waals surface area contributed by atoms with Gasteiger partial charge in [0.2, 0.25) is 0 Å². The van der Waals surface area contributed by atoms with Crippen LogP contribution in [0.1, 0.15) is 69.0 Å². The molecule has 242 valence electrons. The molecule has 1 aromatic heterocycles. The fourth-order valence-electron chi connectivity index (χ4n) is 7.00. The maximum Gasteiger partial charge on any atom is 0.161 e. The SMILES string of the molecule is CCC1C#CC2C=CC(c3ccc(O)c(OC(CO)CC(Cc4ccc[nH]4)C4=CCNC(N)=C4)c3)CC(O)C2C(O)CCCC1. The second-order valence-electron chi connectivity index (χ2n) is 12.8. The van der Waals surface area contributed by atoms with E-state index in [0.29, 0.717) is 37.5 Å². The monoisotopic (exact) mass is 615 g/mol. The summed E-state index contributed by atoms with van der Waals surface area (Å²) >= 11 is 0. The Hall–Kier alpha value is -3.64. The van der Waals surface area contributed by atoms with E-state index in [2.05, 4.69) is 47.3 Å². The number of nitrogens with one attached hydrogen (secondary N) is 2. The summed E-state index contributed by atoms with van der Waals surface area (Å²) in [6.07, 6.45) is 14.4. The Morgan fingerprint density at radius 3 is 2.69 bits per heavy atom. The number of aromatic amines is 1. The number of ether oxygens (including phenoxy) is 1. The molecule has 8 heteroatoms. The van der Waals surface area contributed by atoms with E-state index >= 15 is 0 Å². The Labute approximate surface area is 267 Å². The second kappa shape index (κ2) is 15.6. The zero-order chi connectivity index (χ0) is 31.8. The maximum absolute atomic E-state index is 11.4. The standard InChI is InChI=1S/C37H49N3O5/c1-2-24-6-3-4-8-33(43)37-25(10-9-24)11-12-26(20-34(37)44)27-13-14-32(42)35(21-27)45-31(23-41)19-29(18-30-7-5-16-39-30)28-15-17-40-36(38)22-28/h5,7,11-16,21-22,24-26,29,31,33-34,37,39-44H,2-4,6,8,17-20,23,38H2,1H3. The molecule has 0 spiro atoms. The van der Waals surface area contributed by atoms with Gasteiger partial charge in [0, 0.05) is 42.1 Å². The molecule has 2 aliphatic carbocycles. The van der Waals surface area contributed by atoms with Crippen LogP contribution in [0.4, 0.5) is 0 Å². The predicted octanol–water partition coefficient (Wildman–Crippen LogP) is 4.64. The lowest BCUT2D eigenvalue weighted by Gasteiger charge is -2.31. The Morgan fingerprint density at radius 1 is 1.09 bits per heavy atom. The molecule has 1 aromatic carbocycles. The molecule has 0 saturated heterocycles. The van der Waals surface area contributed by atoms with Crippen LogP contribution in [-0.2, 0) is 6.42 Å². The maximum atomic E-state index is 11.4. The second-order valence-corrected chi connectivity index (χ2v) is 12.8. The predicted molar refractivity (Wildman–Crippen MR) is 176 cm³/mol. The first-order valence-corrected chi connectivity index (χ1v) is 16.5. The molecule has 1 aliphatic heterocycles. The van der Waals surface area contributed by atoms with Gasteiger partial charge in [-0.05, 0) is 85.9 Å². The molecule has 2 aromatic rings. The summed E-state index contributed by atoms with van der Waals surface area (Å²) in [5, 5.41) is 46.9. The van der Waals surface area contributed by atoms with Crippen molar-refractivity contribution in [1.82, 2.24) is 10.3 Å². The largest absolute Gasteiger partial charge is 0.504 e. The molecule has 2 heterocycles. The van der Waals surface area contributed by atoms with Gasteiger partial charge in [0.25, 0.3) is 0 Å². The number of rotatable bonds is 10. The Balaban J connectivity index is 1.35. The first-order valence-electron chi connectivity index (χ1n) is 16.5. The van der Waals surface area contributed by atoms with Crippen molar-refractivity contribution in [3.8, 4) is 23.3 Å². The molecule has 0 amide bonds. The van der Waals surface area contributed by atoms with Crippen LogP contribution in [0.2, 0.25) is 0 Å². The lowest BCUT2D eigenvalue weighted by Crippen LogP contribution is -2.36. The molecule has 5 rings (SSSR count). The average molecular weight is 616 g/mol. The number of dihydropyridines is 1. The van der Waals surface area contributed by atoms with Crippen LogP contribution >= 0.6 is 0 Å². The van der Waals surface area contributed by atoms with Crippen LogP contribution in [0.3, 0.4) is 0 Å². The van der Waals surface area contributed by atoms with Gasteiger partial charge in [-0.2, -0.15) is 0 Å². The average Bonchev–Trinajstić information content (AvgIpc) is 3.49. The minimum atomic E-state index is -0.741. The van der Waals surface area contributed by atoms with Crippen molar-refractivity contribution in [3.63, 3.8) is 0 Å². The molecule has 8 unspecified atom stereocenters. The van der Waals surface area contributed by atoms with E-state index in [9.17, 15) is 20.4 Å². The summed E-state index contributed by atoms with van der Waals surface area (Å²) < 4.78 is 6.29. The fourth-order valence-corrected chi connectivity index (χ4v) is 7.00. The van der Waals surface area contributed by atoms with E-state index < -0.39 is 18.3 Å². The molecule has 8 N–H and O–H groups in total. The number of phenolic OH excluding ortho intramolecular Hbond substituents is 1. The van der Waals surface area contributed by atoms with Crippen molar-refractivity contribution in [1.29, 1.82) is 0 Å². The molecule has 45 heavy (non-hydrogen) atoms. The molecule has 0 fully saturated rings. The van der Waals surface area contributed by atoms with Gasteiger partial charge in [0.05, 0.1) is 24.6 Å². The highest BCUT2D eigenvalue weighted by Gasteiger charge is 2.36. The number of aromatic nitrogens is 1. The number of aliphatic hydroxyl groups excluding tert-OH is 3. The van der Waals surface area contributed by atoms with Gasteiger partial charge in [-0.15, -0.1) is 0 Å². The molecule has 0 bridgehead atoms. The number of hydrogen-bond donors (Lipinski definition) is 7. The highest BCUT2D eigenvalue weighted by atomic mass is 16.5. The van der Waals surface area contributed by atoms with Crippen molar-refractivity contribution in [2.24, 2.45) is 29.4 Å². The number of nitrogens with two attached hydrogens (primary N) is 1. The van der Waals surface area contributed by atoms with Crippen molar-refractivity contribution in [2.45, 2.75) is 82.5 Å². The molecular formula is C37H49N3O5.